The Hall–Kier alpha value is -2.21. The molecule has 0 aliphatic heterocycles. The van der Waals surface area contributed by atoms with Gasteiger partial charge in [-0.1, -0.05) is 19.0 Å². The lowest BCUT2D eigenvalue weighted by molar-refractivity contribution is 0.0843. The molecule has 0 fully saturated rings. The van der Waals surface area contributed by atoms with Gasteiger partial charge in [-0.2, -0.15) is 0 Å². The Balaban J connectivity index is 2.04. The summed E-state index contributed by atoms with van der Waals surface area (Å²) in [4.78, 5) is 16.2. The Labute approximate surface area is 129 Å². The van der Waals surface area contributed by atoms with Gasteiger partial charge >= 0.3 is 0 Å². The first kappa shape index (κ1) is 16.2. The molecular formula is C16H21N3O3. The van der Waals surface area contributed by atoms with E-state index in [1.165, 1.54) is 0 Å². The van der Waals surface area contributed by atoms with Crippen molar-refractivity contribution in [1.82, 2.24) is 15.5 Å². The Bertz CT molecular complexity index is 598. The SMILES string of the molecule is CCC(CC)(CO)CNC(=O)c1cc(-c2cccnc2)on1. The molecule has 6 heteroatoms. The fourth-order valence-electron chi connectivity index (χ4n) is 2.16. The third kappa shape index (κ3) is 3.51. The van der Waals surface area contributed by atoms with E-state index in [9.17, 15) is 9.90 Å². The highest BCUT2D eigenvalue weighted by atomic mass is 16.5. The minimum atomic E-state index is -0.307. The monoisotopic (exact) mass is 303 g/mol. The largest absolute Gasteiger partial charge is 0.396 e. The highest BCUT2D eigenvalue weighted by Gasteiger charge is 2.26. The van der Waals surface area contributed by atoms with E-state index in [2.05, 4.69) is 15.5 Å². The predicted molar refractivity (Wildman–Crippen MR) is 82.2 cm³/mol. The molecule has 118 valence electrons. The molecule has 22 heavy (non-hydrogen) atoms. The van der Waals surface area contributed by atoms with Gasteiger partial charge in [0.15, 0.2) is 11.5 Å². The third-order valence-electron chi connectivity index (χ3n) is 4.15. The Kier molecular flexibility index (Phi) is 5.27. The van der Waals surface area contributed by atoms with Crippen LogP contribution >= 0.6 is 0 Å². The second-order valence-electron chi connectivity index (χ2n) is 5.37. The normalized spacial score (nSPS) is 11.4. The zero-order chi connectivity index (χ0) is 16.0. The number of aromatic nitrogens is 2. The molecule has 0 unspecified atom stereocenters. The summed E-state index contributed by atoms with van der Waals surface area (Å²) in [7, 11) is 0. The molecule has 0 atom stereocenters. The van der Waals surface area contributed by atoms with Crippen molar-refractivity contribution in [2.75, 3.05) is 13.2 Å². The van der Waals surface area contributed by atoms with Crippen LogP contribution < -0.4 is 5.32 Å². The average Bonchev–Trinajstić information content (AvgIpc) is 3.07. The summed E-state index contributed by atoms with van der Waals surface area (Å²) in [6.07, 6.45) is 4.89. The Morgan fingerprint density at radius 2 is 2.18 bits per heavy atom. The van der Waals surface area contributed by atoms with Crippen LogP contribution in [0.5, 0.6) is 0 Å². The van der Waals surface area contributed by atoms with Crippen LogP contribution in [0.4, 0.5) is 0 Å². The summed E-state index contributed by atoms with van der Waals surface area (Å²) in [6.45, 7) is 4.45. The van der Waals surface area contributed by atoms with Gasteiger partial charge in [0, 0.05) is 36.0 Å². The summed E-state index contributed by atoms with van der Waals surface area (Å²) in [6, 6.07) is 5.21. The molecule has 0 aliphatic carbocycles. The van der Waals surface area contributed by atoms with Crippen LogP contribution in [-0.2, 0) is 0 Å². The number of aliphatic hydroxyl groups is 1. The van der Waals surface area contributed by atoms with Gasteiger partial charge in [0.1, 0.15) is 0 Å². The molecule has 0 aliphatic rings. The highest BCUT2D eigenvalue weighted by Crippen LogP contribution is 2.24. The molecule has 0 aromatic carbocycles. The van der Waals surface area contributed by atoms with Gasteiger partial charge in [-0.15, -0.1) is 0 Å². The highest BCUT2D eigenvalue weighted by molar-refractivity contribution is 5.93. The molecule has 2 rings (SSSR count). The van der Waals surface area contributed by atoms with Gasteiger partial charge in [0.25, 0.3) is 5.91 Å². The maximum Gasteiger partial charge on any atom is 0.273 e. The van der Waals surface area contributed by atoms with E-state index in [-0.39, 0.29) is 23.6 Å². The number of rotatable bonds is 7. The topological polar surface area (TPSA) is 88.2 Å². The molecule has 0 bridgehead atoms. The maximum atomic E-state index is 12.2. The van der Waals surface area contributed by atoms with Gasteiger partial charge in [-0.3, -0.25) is 9.78 Å². The standard InChI is InChI=1S/C16H21N3O3/c1-3-16(4-2,11-20)10-18-15(21)13-8-14(22-19-13)12-6-5-7-17-9-12/h5-9,20H,3-4,10-11H2,1-2H3,(H,18,21). The van der Waals surface area contributed by atoms with Crippen LogP contribution in [0.15, 0.2) is 35.1 Å². The summed E-state index contributed by atoms with van der Waals surface area (Å²) in [5.74, 6) is 0.191. The van der Waals surface area contributed by atoms with Crippen molar-refractivity contribution in [2.45, 2.75) is 26.7 Å². The summed E-state index contributed by atoms with van der Waals surface area (Å²) in [5.41, 5.74) is 0.699. The van der Waals surface area contributed by atoms with E-state index in [0.29, 0.717) is 12.3 Å². The van der Waals surface area contributed by atoms with Crippen molar-refractivity contribution in [3.8, 4) is 11.3 Å². The quantitative estimate of drug-likeness (QED) is 0.819. The van der Waals surface area contributed by atoms with Gasteiger partial charge in [0.05, 0.1) is 6.61 Å². The van der Waals surface area contributed by atoms with E-state index in [4.69, 9.17) is 4.52 Å². The van der Waals surface area contributed by atoms with E-state index >= 15 is 0 Å². The third-order valence-corrected chi connectivity index (χ3v) is 4.15. The van der Waals surface area contributed by atoms with Crippen molar-refractivity contribution in [3.63, 3.8) is 0 Å². The summed E-state index contributed by atoms with van der Waals surface area (Å²) < 4.78 is 5.18. The maximum absolute atomic E-state index is 12.2. The van der Waals surface area contributed by atoms with Crippen molar-refractivity contribution in [2.24, 2.45) is 5.41 Å². The van der Waals surface area contributed by atoms with Crippen molar-refractivity contribution in [3.05, 3.63) is 36.3 Å². The number of nitrogens with one attached hydrogen (secondary N) is 1. The van der Waals surface area contributed by atoms with Crippen LogP contribution in [0.3, 0.4) is 0 Å². The zero-order valence-corrected chi connectivity index (χ0v) is 12.9. The second-order valence-corrected chi connectivity index (χ2v) is 5.37. The number of pyridine rings is 1. The van der Waals surface area contributed by atoms with E-state index in [1.54, 1.807) is 24.5 Å². The predicted octanol–water partition coefficient (Wildman–Crippen LogP) is 2.27. The van der Waals surface area contributed by atoms with E-state index < -0.39 is 0 Å². The van der Waals surface area contributed by atoms with Crippen molar-refractivity contribution in [1.29, 1.82) is 0 Å². The van der Waals surface area contributed by atoms with Crippen molar-refractivity contribution >= 4 is 5.91 Å². The number of amides is 1. The lowest BCUT2D eigenvalue weighted by atomic mass is 9.83. The minimum absolute atomic E-state index is 0.0417. The Morgan fingerprint density at radius 3 is 2.77 bits per heavy atom. The number of carbonyl (C=O) groups is 1. The fraction of sp³-hybridized carbons (Fsp3) is 0.438. The van der Waals surface area contributed by atoms with Crippen LogP contribution in [0.2, 0.25) is 0 Å². The molecule has 2 N–H and O–H groups in total. The first-order valence-corrected chi connectivity index (χ1v) is 7.40. The lowest BCUT2D eigenvalue weighted by Crippen LogP contribution is -2.39. The first-order valence-electron chi connectivity index (χ1n) is 7.40. The molecule has 2 heterocycles. The molecule has 2 aromatic heterocycles. The fourth-order valence-corrected chi connectivity index (χ4v) is 2.16. The molecular weight excluding hydrogens is 282 g/mol. The molecule has 0 radical (unpaired) electrons. The number of hydrogen-bond donors (Lipinski definition) is 2. The molecule has 0 saturated carbocycles. The summed E-state index contributed by atoms with van der Waals surface area (Å²) in [5, 5.41) is 16.1. The number of aliphatic hydroxyl groups excluding tert-OH is 1. The van der Waals surface area contributed by atoms with Crippen LogP contribution in [0, 0.1) is 5.41 Å². The van der Waals surface area contributed by atoms with Gasteiger partial charge in [0.2, 0.25) is 0 Å². The molecule has 1 amide bonds. The van der Waals surface area contributed by atoms with E-state index in [1.807, 2.05) is 19.9 Å². The first-order chi connectivity index (χ1) is 10.6. The smallest absolute Gasteiger partial charge is 0.273 e. The number of carbonyl (C=O) groups excluding carboxylic acids is 1. The molecule has 0 spiro atoms. The van der Waals surface area contributed by atoms with Crippen molar-refractivity contribution < 1.29 is 14.4 Å². The molecule has 0 saturated heterocycles. The Morgan fingerprint density at radius 1 is 1.41 bits per heavy atom. The van der Waals surface area contributed by atoms with Crippen LogP contribution in [0.25, 0.3) is 11.3 Å². The van der Waals surface area contributed by atoms with Gasteiger partial charge in [-0.05, 0) is 25.0 Å². The second kappa shape index (κ2) is 7.17. The number of hydrogen-bond acceptors (Lipinski definition) is 5. The lowest BCUT2D eigenvalue weighted by Gasteiger charge is -2.29. The van der Waals surface area contributed by atoms with Crippen LogP contribution in [0.1, 0.15) is 37.2 Å². The van der Waals surface area contributed by atoms with Crippen LogP contribution in [-0.4, -0.2) is 34.3 Å². The van der Waals surface area contributed by atoms with Gasteiger partial charge in [-0.25, -0.2) is 0 Å². The molecule has 2 aromatic rings. The average molecular weight is 303 g/mol. The zero-order valence-electron chi connectivity index (χ0n) is 12.9. The van der Waals surface area contributed by atoms with E-state index in [0.717, 1.165) is 18.4 Å². The molecule has 6 nitrogen and oxygen atoms in total. The minimum Gasteiger partial charge on any atom is -0.396 e. The number of nitrogens with zero attached hydrogens (tertiary/aromatic N) is 2. The summed E-state index contributed by atoms with van der Waals surface area (Å²) >= 11 is 0. The van der Waals surface area contributed by atoms with Gasteiger partial charge < -0.3 is 14.9 Å².